The van der Waals surface area contributed by atoms with Gasteiger partial charge in [0.15, 0.2) is 0 Å². The standard InChI is InChI=1S/C17H29N3/c1-14(2)9-18-10-15-5-6-16(19-11-15)12-20-8-7-17(3,4)13-20/h5-6,11,14,18H,7-10,12-13H2,1-4H3. The first-order valence-electron chi connectivity index (χ1n) is 7.81. The van der Waals surface area contributed by atoms with Crippen molar-refractivity contribution < 1.29 is 0 Å². The summed E-state index contributed by atoms with van der Waals surface area (Å²) in [6.07, 6.45) is 3.31. The van der Waals surface area contributed by atoms with E-state index in [2.05, 4.69) is 55.0 Å². The summed E-state index contributed by atoms with van der Waals surface area (Å²) in [6, 6.07) is 4.38. The first-order chi connectivity index (χ1) is 9.44. The van der Waals surface area contributed by atoms with Gasteiger partial charge in [-0.25, -0.2) is 0 Å². The minimum Gasteiger partial charge on any atom is -0.312 e. The molecule has 20 heavy (non-hydrogen) atoms. The molecule has 0 unspecified atom stereocenters. The monoisotopic (exact) mass is 275 g/mol. The van der Waals surface area contributed by atoms with Gasteiger partial charge in [0, 0.05) is 25.8 Å². The second-order valence-corrected chi connectivity index (χ2v) is 7.31. The van der Waals surface area contributed by atoms with E-state index in [1.165, 1.54) is 30.8 Å². The summed E-state index contributed by atoms with van der Waals surface area (Å²) < 4.78 is 0. The van der Waals surface area contributed by atoms with E-state index in [1.807, 2.05) is 6.20 Å². The molecule has 2 heterocycles. The number of hydrogen-bond donors (Lipinski definition) is 1. The lowest BCUT2D eigenvalue weighted by Gasteiger charge is -2.19. The lowest BCUT2D eigenvalue weighted by molar-refractivity contribution is 0.281. The number of rotatable bonds is 6. The average Bonchev–Trinajstić information content (AvgIpc) is 2.70. The zero-order chi connectivity index (χ0) is 14.6. The van der Waals surface area contributed by atoms with Crippen molar-refractivity contribution in [3.05, 3.63) is 29.6 Å². The maximum atomic E-state index is 4.61. The Balaban J connectivity index is 1.80. The van der Waals surface area contributed by atoms with Crippen LogP contribution < -0.4 is 5.32 Å². The van der Waals surface area contributed by atoms with E-state index in [1.54, 1.807) is 0 Å². The maximum absolute atomic E-state index is 4.61. The van der Waals surface area contributed by atoms with Gasteiger partial charge >= 0.3 is 0 Å². The van der Waals surface area contributed by atoms with Crippen LogP contribution in [0.1, 0.15) is 45.4 Å². The molecule has 2 rings (SSSR count). The van der Waals surface area contributed by atoms with E-state index in [0.29, 0.717) is 11.3 Å². The van der Waals surface area contributed by atoms with Gasteiger partial charge in [0.05, 0.1) is 5.69 Å². The summed E-state index contributed by atoms with van der Waals surface area (Å²) in [5.41, 5.74) is 2.94. The molecule has 0 saturated carbocycles. The Morgan fingerprint density at radius 2 is 2.15 bits per heavy atom. The van der Waals surface area contributed by atoms with Gasteiger partial charge in [-0.2, -0.15) is 0 Å². The van der Waals surface area contributed by atoms with E-state index in [-0.39, 0.29) is 0 Å². The van der Waals surface area contributed by atoms with Gasteiger partial charge in [0.25, 0.3) is 0 Å². The normalized spacial score (nSPS) is 18.9. The summed E-state index contributed by atoms with van der Waals surface area (Å²) in [6.45, 7) is 14.5. The van der Waals surface area contributed by atoms with Crippen molar-refractivity contribution in [2.24, 2.45) is 11.3 Å². The van der Waals surface area contributed by atoms with Gasteiger partial charge in [-0.05, 0) is 42.5 Å². The molecule has 0 atom stereocenters. The molecular formula is C17H29N3. The molecule has 1 aliphatic heterocycles. The Morgan fingerprint density at radius 3 is 2.70 bits per heavy atom. The summed E-state index contributed by atoms with van der Waals surface area (Å²) in [4.78, 5) is 7.12. The lowest BCUT2D eigenvalue weighted by Crippen LogP contribution is -2.23. The van der Waals surface area contributed by atoms with Crippen LogP contribution in [0.15, 0.2) is 18.3 Å². The molecule has 1 aliphatic rings. The van der Waals surface area contributed by atoms with Crippen LogP contribution in [0, 0.1) is 11.3 Å². The van der Waals surface area contributed by atoms with Crippen molar-refractivity contribution in [3.63, 3.8) is 0 Å². The third kappa shape index (κ3) is 4.88. The number of pyridine rings is 1. The van der Waals surface area contributed by atoms with E-state index in [0.717, 1.165) is 19.6 Å². The van der Waals surface area contributed by atoms with Crippen molar-refractivity contribution in [2.45, 2.75) is 47.2 Å². The van der Waals surface area contributed by atoms with Crippen LogP contribution in [0.4, 0.5) is 0 Å². The maximum Gasteiger partial charge on any atom is 0.0544 e. The number of nitrogens with one attached hydrogen (secondary N) is 1. The van der Waals surface area contributed by atoms with Gasteiger partial charge < -0.3 is 5.32 Å². The number of nitrogens with zero attached hydrogens (tertiary/aromatic N) is 2. The minimum atomic E-state index is 0.473. The molecule has 1 fully saturated rings. The summed E-state index contributed by atoms with van der Waals surface area (Å²) >= 11 is 0. The van der Waals surface area contributed by atoms with Crippen LogP contribution in [0.2, 0.25) is 0 Å². The summed E-state index contributed by atoms with van der Waals surface area (Å²) in [7, 11) is 0. The quantitative estimate of drug-likeness (QED) is 0.865. The predicted octanol–water partition coefficient (Wildman–Crippen LogP) is 3.06. The largest absolute Gasteiger partial charge is 0.312 e. The van der Waals surface area contributed by atoms with E-state index >= 15 is 0 Å². The fourth-order valence-corrected chi connectivity index (χ4v) is 2.75. The predicted molar refractivity (Wildman–Crippen MR) is 84.5 cm³/mol. The molecule has 0 radical (unpaired) electrons. The van der Waals surface area contributed by atoms with Gasteiger partial charge in [-0.15, -0.1) is 0 Å². The van der Waals surface area contributed by atoms with E-state index < -0.39 is 0 Å². The lowest BCUT2D eigenvalue weighted by atomic mass is 9.93. The topological polar surface area (TPSA) is 28.2 Å². The third-order valence-corrected chi connectivity index (χ3v) is 3.91. The number of likely N-dealkylation sites (tertiary alicyclic amines) is 1. The Morgan fingerprint density at radius 1 is 1.35 bits per heavy atom. The second kappa shape index (κ2) is 6.68. The molecule has 0 amide bonds. The summed E-state index contributed by atoms with van der Waals surface area (Å²) in [5.74, 6) is 0.695. The Kier molecular flexibility index (Phi) is 5.17. The molecule has 0 aliphatic carbocycles. The molecule has 3 heteroatoms. The molecule has 1 N–H and O–H groups in total. The van der Waals surface area contributed by atoms with Crippen molar-refractivity contribution in [1.82, 2.24) is 15.2 Å². The smallest absolute Gasteiger partial charge is 0.0544 e. The second-order valence-electron chi connectivity index (χ2n) is 7.31. The molecule has 1 saturated heterocycles. The van der Waals surface area contributed by atoms with Gasteiger partial charge in [0.1, 0.15) is 0 Å². The Hall–Kier alpha value is -0.930. The highest BCUT2D eigenvalue weighted by Crippen LogP contribution is 2.29. The van der Waals surface area contributed by atoms with E-state index in [9.17, 15) is 0 Å². The van der Waals surface area contributed by atoms with Crippen molar-refractivity contribution in [2.75, 3.05) is 19.6 Å². The van der Waals surface area contributed by atoms with Crippen molar-refractivity contribution in [1.29, 1.82) is 0 Å². The molecule has 1 aromatic rings. The van der Waals surface area contributed by atoms with Crippen LogP contribution >= 0.6 is 0 Å². The van der Waals surface area contributed by atoms with Gasteiger partial charge in [-0.3, -0.25) is 9.88 Å². The molecule has 3 nitrogen and oxygen atoms in total. The molecule has 112 valence electrons. The van der Waals surface area contributed by atoms with Crippen LogP contribution in [-0.4, -0.2) is 29.5 Å². The van der Waals surface area contributed by atoms with Crippen molar-refractivity contribution in [3.8, 4) is 0 Å². The molecular weight excluding hydrogens is 246 g/mol. The van der Waals surface area contributed by atoms with Crippen LogP contribution in [0.25, 0.3) is 0 Å². The van der Waals surface area contributed by atoms with Crippen molar-refractivity contribution >= 4 is 0 Å². The first kappa shape index (κ1) is 15.5. The summed E-state index contributed by atoms with van der Waals surface area (Å²) in [5, 5.41) is 3.45. The van der Waals surface area contributed by atoms with Crippen LogP contribution in [-0.2, 0) is 13.1 Å². The highest BCUT2D eigenvalue weighted by atomic mass is 15.2. The van der Waals surface area contributed by atoms with Gasteiger partial charge in [-0.1, -0.05) is 33.8 Å². The molecule has 0 aromatic carbocycles. The zero-order valence-corrected chi connectivity index (χ0v) is 13.4. The Labute approximate surface area is 123 Å². The fourth-order valence-electron chi connectivity index (χ4n) is 2.75. The number of hydrogen-bond acceptors (Lipinski definition) is 3. The van der Waals surface area contributed by atoms with Crippen LogP contribution in [0.5, 0.6) is 0 Å². The molecule has 1 aromatic heterocycles. The zero-order valence-electron chi connectivity index (χ0n) is 13.4. The highest BCUT2D eigenvalue weighted by Gasteiger charge is 2.28. The molecule has 0 spiro atoms. The minimum absolute atomic E-state index is 0.473. The third-order valence-electron chi connectivity index (χ3n) is 3.91. The molecule has 0 bridgehead atoms. The number of aromatic nitrogens is 1. The van der Waals surface area contributed by atoms with Crippen LogP contribution in [0.3, 0.4) is 0 Å². The fraction of sp³-hybridized carbons (Fsp3) is 0.706. The van der Waals surface area contributed by atoms with E-state index in [4.69, 9.17) is 0 Å². The van der Waals surface area contributed by atoms with Gasteiger partial charge in [0.2, 0.25) is 0 Å². The first-order valence-corrected chi connectivity index (χ1v) is 7.81. The SMILES string of the molecule is CC(C)CNCc1ccc(CN2CCC(C)(C)C2)nc1. The average molecular weight is 275 g/mol. The Bertz CT molecular complexity index is 409. The highest BCUT2D eigenvalue weighted by molar-refractivity contribution is 5.14.